The van der Waals surface area contributed by atoms with Gasteiger partial charge in [-0.05, 0) is 11.6 Å². The van der Waals surface area contributed by atoms with Crippen LogP contribution < -0.4 is 5.73 Å². The van der Waals surface area contributed by atoms with Gasteiger partial charge in [-0.2, -0.15) is 0 Å². The van der Waals surface area contributed by atoms with Gasteiger partial charge in [0.15, 0.2) is 0 Å². The minimum atomic E-state index is 0.393. The molecular weight excluding hydrogens is 290 g/mol. The van der Waals surface area contributed by atoms with E-state index in [9.17, 15) is 0 Å². The van der Waals surface area contributed by atoms with E-state index in [4.69, 9.17) is 10.5 Å². The Labute approximate surface area is 106 Å². The van der Waals surface area contributed by atoms with Gasteiger partial charge < -0.3 is 10.5 Å². The summed E-state index contributed by atoms with van der Waals surface area (Å²) in [6.45, 7) is 0.919. The Morgan fingerprint density at radius 1 is 1.31 bits per heavy atom. The van der Waals surface area contributed by atoms with Gasteiger partial charge in [0.1, 0.15) is 10.7 Å². The van der Waals surface area contributed by atoms with Gasteiger partial charge in [0.05, 0.1) is 13.2 Å². The van der Waals surface area contributed by atoms with E-state index in [1.807, 2.05) is 24.3 Å². The van der Waals surface area contributed by atoms with Gasteiger partial charge in [0, 0.05) is 16.0 Å². The van der Waals surface area contributed by atoms with Crippen LogP contribution in [0.25, 0.3) is 0 Å². The van der Waals surface area contributed by atoms with E-state index in [-0.39, 0.29) is 0 Å². The Hall–Kier alpha value is -0.980. The number of nitrogens with zero attached hydrogens (tertiary/aromatic N) is 2. The van der Waals surface area contributed by atoms with Gasteiger partial charge in [0.25, 0.3) is 0 Å². The fourth-order valence-corrected chi connectivity index (χ4v) is 2.02. The van der Waals surface area contributed by atoms with E-state index in [0.717, 1.165) is 10.0 Å². The SMILES string of the molecule is Nc1snnc1COCc1ccccc1Br. The number of ether oxygens (including phenoxy) is 1. The van der Waals surface area contributed by atoms with Crippen LogP contribution in [0.2, 0.25) is 0 Å². The minimum Gasteiger partial charge on any atom is -0.388 e. The third-order valence-corrected chi connectivity index (χ3v) is 3.41. The van der Waals surface area contributed by atoms with Crippen LogP contribution in [0, 0.1) is 0 Å². The topological polar surface area (TPSA) is 61.0 Å². The van der Waals surface area contributed by atoms with Gasteiger partial charge in [-0.3, -0.25) is 0 Å². The molecule has 1 aromatic heterocycles. The summed E-state index contributed by atoms with van der Waals surface area (Å²) in [7, 11) is 0. The predicted molar refractivity (Wildman–Crippen MR) is 67.0 cm³/mol. The Morgan fingerprint density at radius 3 is 2.81 bits per heavy atom. The number of benzene rings is 1. The molecule has 2 rings (SSSR count). The molecule has 0 aliphatic heterocycles. The summed E-state index contributed by atoms with van der Waals surface area (Å²) in [6, 6.07) is 7.93. The predicted octanol–water partition coefficient (Wildman–Crippen LogP) is 2.60. The Balaban J connectivity index is 1.89. The van der Waals surface area contributed by atoms with Crippen LogP contribution in [-0.4, -0.2) is 9.59 Å². The quantitative estimate of drug-likeness (QED) is 0.943. The second kappa shape index (κ2) is 5.38. The summed E-state index contributed by atoms with van der Waals surface area (Å²) in [4.78, 5) is 0. The minimum absolute atomic E-state index is 0.393. The zero-order chi connectivity index (χ0) is 11.4. The third kappa shape index (κ3) is 2.78. The molecule has 84 valence electrons. The van der Waals surface area contributed by atoms with Crippen molar-refractivity contribution in [2.45, 2.75) is 13.2 Å². The molecule has 2 N–H and O–H groups in total. The van der Waals surface area contributed by atoms with Crippen molar-refractivity contribution in [1.29, 1.82) is 0 Å². The molecule has 0 unspecified atom stereocenters. The van der Waals surface area contributed by atoms with Crippen LogP contribution in [0.3, 0.4) is 0 Å². The first kappa shape index (κ1) is 11.5. The lowest BCUT2D eigenvalue weighted by Gasteiger charge is -2.04. The number of nitrogen functional groups attached to an aromatic ring is 1. The highest BCUT2D eigenvalue weighted by Gasteiger charge is 2.04. The van der Waals surface area contributed by atoms with Crippen molar-refractivity contribution in [3.05, 3.63) is 40.0 Å². The smallest absolute Gasteiger partial charge is 0.133 e. The number of rotatable bonds is 4. The highest BCUT2D eigenvalue weighted by molar-refractivity contribution is 9.10. The average molecular weight is 300 g/mol. The van der Waals surface area contributed by atoms with Crippen LogP contribution in [0.15, 0.2) is 28.7 Å². The zero-order valence-electron chi connectivity index (χ0n) is 8.39. The van der Waals surface area contributed by atoms with Gasteiger partial charge in [-0.15, -0.1) is 5.10 Å². The van der Waals surface area contributed by atoms with E-state index in [1.165, 1.54) is 11.5 Å². The van der Waals surface area contributed by atoms with Crippen molar-refractivity contribution < 1.29 is 4.74 Å². The standard InChI is InChI=1S/C10H10BrN3OS/c11-8-4-2-1-3-7(8)5-15-6-9-10(12)16-14-13-9/h1-4H,5-6,12H2. The largest absolute Gasteiger partial charge is 0.388 e. The maximum Gasteiger partial charge on any atom is 0.133 e. The highest BCUT2D eigenvalue weighted by Crippen LogP contribution is 2.18. The van der Waals surface area contributed by atoms with Gasteiger partial charge in [0.2, 0.25) is 0 Å². The molecule has 0 aliphatic rings. The summed E-state index contributed by atoms with van der Waals surface area (Å²) >= 11 is 4.64. The summed E-state index contributed by atoms with van der Waals surface area (Å²) in [5.74, 6) is 0. The maximum atomic E-state index is 5.65. The lowest BCUT2D eigenvalue weighted by atomic mass is 10.2. The van der Waals surface area contributed by atoms with Crippen molar-refractivity contribution in [1.82, 2.24) is 9.59 Å². The molecule has 0 fully saturated rings. The van der Waals surface area contributed by atoms with E-state index in [2.05, 4.69) is 25.5 Å². The molecule has 0 saturated carbocycles. The number of anilines is 1. The molecular formula is C10H10BrN3OS. The first-order chi connectivity index (χ1) is 7.77. The van der Waals surface area contributed by atoms with Crippen LogP contribution in [0.5, 0.6) is 0 Å². The molecule has 0 radical (unpaired) electrons. The second-order valence-corrected chi connectivity index (χ2v) is 4.81. The van der Waals surface area contributed by atoms with Crippen LogP contribution in [-0.2, 0) is 18.0 Å². The Bertz CT molecular complexity index is 475. The van der Waals surface area contributed by atoms with Crippen LogP contribution in [0.1, 0.15) is 11.3 Å². The molecule has 0 amide bonds. The Morgan fingerprint density at radius 2 is 2.12 bits per heavy atom. The van der Waals surface area contributed by atoms with E-state index < -0.39 is 0 Å². The normalized spacial score (nSPS) is 10.6. The molecule has 0 bridgehead atoms. The summed E-state index contributed by atoms with van der Waals surface area (Å²) in [6.07, 6.45) is 0. The number of hydrogen-bond acceptors (Lipinski definition) is 5. The zero-order valence-corrected chi connectivity index (χ0v) is 10.8. The second-order valence-electron chi connectivity index (χ2n) is 3.17. The highest BCUT2D eigenvalue weighted by atomic mass is 79.9. The summed E-state index contributed by atoms with van der Waals surface area (Å²) in [5.41, 5.74) is 7.46. The van der Waals surface area contributed by atoms with Crippen molar-refractivity contribution in [2.75, 3.05) is 5.73 Å². The van der Waals surface area contributed by atoms with Crippen molar-refractivity contribution in [2.24, 2.45) is 0 Å². The van der Waals surface area contributed by atoms with Crippen LogP contribution in [0.4, 0.5) is 5.00 Å². The van der Waals surface area contributed by atoms with E-state index >= 15 is 0 Å². The molecule has 0 atom stereocenters. The lowest BCUT2D eigenvalue weighted by molar-refractivity contribution is 0.104. The summed E-state index contributed by atoms with van der Waals surface area (Å²) < 4.78 is 10.3. The maximum absolute atomic E-state index is 5.65. The molecule has 1 aromatic carbocycles. The molecule has 0 spiro atoms. The van der Waals surface area contributed by atoms with Gasteiger partial charge in [-0.25, -0.2) is 0 Å². The molecule has 4 nitrogen and oxygen atoms in total. The molecule has 6 heteroatoms. The van der Waals surface area contributed by atoms with Gasteiger partial charge in [-0.1, -0.05) is 38.6 Å². The number of nitrogens with two attached hydrogens (primary N) is 1. The number of aromatic nitrogens is 2. The first-order valence-electron chi connectivity index (χ1n) is 4.65. The lowest BCUT2D eigenvalue weighted by Crippen LogP contribution is -1.98. The molecule has 16 heavy (non-hydrogen) atoms. The molecule has 0 aliphatic carbocycles. The third-order valence-electron chi connectivity index (χ3n) is 2.04. The first-order valence-corrected chi connectivity index (χ1v) is 6.22. The fraction of sp³-hybridized carbons (Fsp3) is 0.200. The molecule has 2 aromatic rings. The van der Waals surface area contributed by atoms with Crippen molar-refractivity contribution in [3.63, 3.8) is 0 Å². The van der Waals surface area contributed by atoms with Crippen molar-refractivity contribution >= 4 is 32.5 Å². The Kier molecular flexibility index (Phi) is 3.87. The number of hydrogen-bond donors (Lipinski definition) is 1. The summed E-state index contributed by atoms with van der Waals surface area (Å²) in [5, 5.41) is 4.49. The fourth-order valence-electron chi connectivity index (χ4n) is 1.19. The van der Waals surface area contributed by atoms with Crippen LogP contribution >= 0.6 is 27.5 Å². The van der Waals surface area contributed by atoms with E-state index in [0.29, 0.717) is 23.9 Å². The van der Waals surface area contributed by atoms with Crippen molar-refractivity contribution in [3.8, 4) is 0 Å². The van der Waals surface area contributed by atoms with E-state index in [1.54, 1.807) is 0 Å². The monoisotopic (exact) mass is 299 g/mol. The molecule has 1 heterocycles. The average Bonchev–Trinajstić information content (AvgIpc) is 2.67. The molecule has 0 saturated heterocycles. The van der Waals surface area contributed by atoms with Gasteiger partial charge >= 0.3 is 0 Å². The number of halogens is 1.